The normalized spacial score (nSPS) is 19.8. The summed E-state index contributed by atoms with van der Waals surface area (Å²) in [6.45, 7) is 2.88. The van der Waals surface area contributed by atoms with Crippen LogP contribution in [0, 0.1) is 0 Å². The first kappa shape index (κ1) is 17.4. The number of hydrogen-bond acceptors (Lipinski definition) is 6. The maximum Gasteiger partial charge on any atom is 0.267 e. The van der Waals surface area contributed by atoms with Gasteiger partial charge in [-0.1, -0.05) is 11.2 Å². The molecule has 0 bridgehead atoms. The first-order valence-corrected chi connectivity index (χ1v) is 8.26. The Labute approximate surface area is 139 Å². The molecule has 0 saturated heterocycles. The van der Waals surface area contributed by atoms with Crippen molar-refractivity contribution in [3.8, 4) is 0 Å². The summed E-state index contributed by atoms with van der Waals surface area (Å²) in [6, 6.07) is 3.88. The summed E-state index contributed by atoms with van der Waals surface area (Å²) < 4.78 is 4.84. The molecule has 0 fully saturated rings. The van der Waals surface area contributed by atoms with Crippen LogP contribution in [-0.4, -0.2) is 49.9 Å². The van der Waals surface area contributed by atoms with E-state index in [1.54, 1.807) is 25.4 Å². The molecule has 2 N–H and O–H groups in total. The molecule has 1 atom stereocenters. The van der Waals surface area contributed by atoms with Gasteiger partial charge in [-0.2, -0.15) is 0 Å². The highest BCUT2D eigenvalue weighted by atomic mass is 32.1. The Kier molecular flexibility index (Phi) is 6.12. The molecule has 126 valence electrons. The van der Waals surface area contributed by atoms with Gasteiger partial charge in [0.2, 0.25) is 11.5 Å². The molecule has 0 aliphatic carbocycles. The molecule has 1 aromatic heterocycles. The van der Waals surface area contributed by atoms with Gasteiger partial charge in [-0.25, -0.2) is 0 Å². The quantitative estimate of drug-likeness (QED) is 0.689. The van der Waals surface area contributed by atoms with Crippen molar-refractivity contribution in [3.63, 3.8) is 0 Å². The van der Waals surface area contributed by atoms with Gasteiger partial charge >= 0.3 is 0 Å². The zero-order chi connectivity index (χ0) is 16.7. The highest BCUT2D eigenvalue weighted by Crippen LogP contribution is 2.28. The van der Waals surface area contributed by atoms with E-state index in [2.05, 4.69) is 15.8 Å². The fraction of sp³-hybridized carbons (Fsp3) is 0.533. The molecular formula is C15H21N3O4S. The molecule has 0 radical (unpaired) electrons. The number of nitrogens with one attached hydrogen (secondary N) is 2. The molecular weight excluding hydrogens is 318 g/mol. The van der Waals surface area contributed by atoms with Crippen LogP contribution in [0.25, 0.3) is 0 Å². The summed E-state index contributed by atoms with van der Waals surface area (Å²) in [5.74, 6) is -0.395. The van der Waals surface area contributed by atoms with Gasteiger partial charge < -0.3 is 20.2 Å². The van der Waals surface area contributed by atoms with Gasteiger partial charge in [-0.05, 0) is 18.4 Å². The Morgan fingerprint density at radius 1 is 1.43 bits per heavy atom. The molecule has 7 nitrogen and oxygen atoms in total. The molecule has 0 unspecified atom stereocenters. The summed E-state index contributed by atoms with van der Waals surface area (Å²) in [6.07, 6.45) is 0.629. The van der Waals surface area contributed by atoms with Gasteiger partial charge in [0.05, 0.1) is 11.5 Å². The van der Waals surface area contributed by atoms with E-state index in [0.29, 0.717) is 19.6 Å². The average molecular weight is 339 g/mol. The Balaban J connectivity index is 1.73. The lowest BCUT2D eigenvalue weighted by atomic mass is 9.98. The first-order valence-electron chi connectivity index (χ1n) is 7.38. The van der Waals surface area contributed by atoms with Gasteiger partial charge in [0.15, 0.2) is 0 Å². The van der Waals surface area contributed by atoms with E-state index in [-0.39, 0.29) is 24.8 Å². The lowest BCUT2D eigenvalue weighted by Crippen LogP contribution is -2.45. The molecule has 2 heterocycles. The zero-order valence-corrected chi connectivity index (χ0v) is 14.1. The minimum atomic E-state index is -1.02. The van der Waals surface area contributed by atoms with Crippen molar-refractivity contribution in [2.45, 2.75) is 25.4 Å². The number of rotatable bonds is 8. The van der Waals surface area contributed by atoms with E-state index in [0.717, 1.165) is 10.6 Å². The second-order valence-corrected chi connectivity index (χ2v) is 6.31. The Morgan fingerprint density at radius 2 is 2.26 bits per heavy atom. The number of hydrogen-bond donors (Lipinski definition) is 2. The molecule has 1 aromatic rings. The second-order valence-electron chi connectivity index (χ2n) is 5.36. The van der Waals surface area contributed by atoms with Gasteiger partial charge in [0.1, 0.15) is 5.71 Å². The van der Waals surface area contributed by atoms with E-state index in [1.165, 1.54) is 0 Å². The average Bonchev–Trinajstić information content (AvgIpc) is 3.17. The van der Waals surface area contributed by atoms with E-state index < -0.39 is 5.60 Å². The molecule has 0 saturated carbocycles. The third kappa shape index (κ3) is 4.77. The topological polar surface area (TPSA) is 89.0 Å². The maximum atomic E-state index is 12.3. The SMILES string of the molecule is COCCNC(=O)CCNC(=O)[C@@]1(C)CC(c2cccs2)=NO1. The number of carbonyl (C=O) groups excluding carboxylic acids is 2. The molecule has 2 rings (SSSR count). The summed E-state index contributed by atoms with van der Waals surface area (Å²) in [7, 11) is 1.57. The van der Waals surface area contributed by atoms with Crippen molar-refractivity contribution in [1.29, 1.82) is 0 Å². The number of ether oxygens (including phenoxy) is 1. The molecule has 1 aliphatic heterocycles. The third-order valence-corrected chi connectivity index (χ3v) is 4.33. The summed E-state index contributed by atoms with van der Waals surface area (Å²) >= 11 is 1.56. The first-order chi connectivity index (χ1) is 11.0. The van der Waals surface area contributed by atoms with Gasteiger partial charge in [0.25, 0.3) is 5.91 Å². The molecule has 0 spiro atoms. The predicted octanol–water partition coefficient (Wildman–Crippen LogP) is 0.900. The predicted molar refractivity (Wildman–Crippen MR) is 87.5 cm³/mol. The molecule has 1 aliphatic rings. The molecule has 2 amide bonds. The largest absolute Gasteiger partial charge is 0.383 e. The van der Waals surface area contributed by atoms with Crippen molar-refractivity contribution in [3.05, 3.63) is 22.4 Å². The Hall–Kier alpha value is -1.93. The number of nitrogens with zero attached hydrogens (tertiary/aromatic N) is 1. The third-order valence-electron chi connectivity index (χ3n) is 3.41. The molecule has 8 heteroatoms. The van der Waals surface area contributed by atoms with Gasteiger partial charge in [-0.3, -0.25) is 9.59 Å². The van der Waals surface area contributed by atoms with Gasteiger partial charge in [-0.15, -0.1) is 11.3 Å². The van der Waals surface area contributed by atoms with Crippen LogP contribution in [0.15, 0.2) is 22.7 Å². The lowest BCUT2D eigenvalue weighted by Gasteiger charge is -2.20. The lowest BCUT2D eigenvalue weighted by molar-refractivity contribution is -0.141. The van der Waals surface area contributed by atoms with Crippen molar-refractivity contribution < 1.29 is 19.2 Å². The fourth-order valence-electron chi connectivity index (χ4n) is 2.09. The van der Waals surface area contributed by atoms with Crippen LogP contribution in [0.5, 0.6) is 0 Å². The maximum absolute atomic E-state index is 12.3. The van der Waals surface area contributed by atoms with E-state index in [9.17, 15) is 9.59 Å². The summed E-state index contributed by atoms with van der Waals surface area (Å²) in [4.78, 5) is 30.1. The number of amides is 2. The van der Waals surface area contributed by atoms with E-state index >= 15 is 0 Å². The van der Waals surface area contributed by atoms with Crippen molar-refractivity contribution in [2.75, 3.05) is 26.8 Å². The second kappa shape index (κ2) is 8.07. The standard InChI is InChI=1S/C15H21N3O4S/c1-15(10-11(18-22-15)12-4-3-9-23-12)14(20)17-6-5-13(19)16-7-8-21-2/h3-4,9H,5-8,10H2,1-2H3,(H,16,19)(H,17,20)/t15-/m1/s1. The van der Waals surface area contributed by atoms with E-state index in [4.69, 9.17) is 9.57 Å². The van der Waals surface area contributed by atoms with Crippen LogP contribution in [0.2, 0.25) is 0 Å². The van der Waals surface area contributed by atoms with Crippen LogP contribution in [0.1, 0.15) is 24.6 Å². The van der Waals surface area contributed by atoms with Crippen molar-refractivity contribution in [1.82, 2.24) is 10.6 Å². The van der Waals surface area contributed by atoms with Crippen molar-refractivity contribution >= 4 is 28.9 Å². The fourth-order valence-corrected chi connectivity index (χ4v) is 2.80. The highest BCUT2D eigenvalue weighted by Gasteiger charge is 2.42. The monoisotopic (exact) mass is 339 g/mol. The van der Waals surface area contributed by atoms with Crippen molar-refractivity contribution in [2.24, 2.45) is 5.16 Å². The minimum Gasteiger partial charge on any atom is -0.383 e. The zero-order valence-electron chi connectivity index (χ0n) is 13.3. The molecule has 0 aromatic carbocycles. The molecule has 23 heavy (non-hydrogen) atoms. The number of thiophene rings is 1. The number of oxime groups is 1. The number of carbonyl (C=O) groups is 2. The smallest absolute Gasteiger partial charge is 0.267 e. The Morgan fingerprint density at radius 3 is 2.96 bits per heavy atom. The number of methoxy groups -OCH3 is 1. The summed E-state index contributed by atoms with van der Waals surface area (Å²) in [5, 5.41) is 11.4. The highest BCUT2D eigenvalue weighted by molar-refractivity contribution is 7.12. The van der Waals surface area contributed by atoms with Crippen LogP contribution >= 0.6 is 11.3 Å². The van der Waals surface area contributed by atoms with Gasteiger partial charge in [0, 0.05) is 33.0 Å². The summed E-state index contributed by atoms with van der Waals surface area (Å²) in [5.41, 5.74) is -0.249. The van der Waals surface area contributed by atoms with Crippen LogP contribution in [0.3, 0.4) is 0 Å². The Bertz CT molecular complexity index is 573. The van der Waals surface area contributed by atoms with Crippen LogP contribution < -0.4 is 10.6 Å². The minimum absolute atomic E-state index is 0.129. The van der Waals surface area contributed by atoms with Crippen LogP contribution in [0.4, 0.5) is 0 Å². The van der Waals surface area contributed by atoms with Crippen LogP contribution in [-0.2, 0) is 19.2 Å². The van der Waals surface area contributed by atoms with E-state index in [1.807, 2.05) is 17.5 Å².